The lowest BCUT2D eigenvalue weighted by Crippen LogP contribution is -2.37. The molecule has 0 saturated carbocycles. The lowest BCUT2D eigenvalue weighted by Gasteiger charge is -2.32. The Balaban J connectivity index is 1.38. The molecule has 206 valence electrons. The number of rotatable bonds is 9. The van der Waals surface area contributed by atoms with Crippen LogP contribution in [0.15, 0.2) is 72.8 Å². The molecule has 5 rings (SSSR count). The molecule has 4 aromatic rings. The second-order valence-electron chi connectivity index (χ2n) is 10.7. The average molecular weight is 540 g/mol. The summed E-state index contributed by atoms with van der Waals surface area (Å²) < 4.78 is 13.1. The summed E-state index contributed by atoms with van der Waals surface area (Å²) in [5, 5.41) is 9.27. The molecule has 0 spiro atoms. The monoisotopic (exact) mass is 539 g/mol. The number of alkyl halides is 1. The van der Waals surface area contributed by atoms with E-state index < -0.39 is 18.6 Å². The van der Waals surface area contributed by atoms with Crippen LogP contribution in [0.5, 0.6) is 0 Å². The van der Waals surface area contributed by atoms with E-state index in [1.807, 2.05) is 41.3 Å². The third kappa shape index (κ3) is 6.19. The number of fused-ring (bicyclic) bond motifs is 1. The number of carboxylic acids is 1. The van der Waals surface area contributed by atoms with Crippen molar-refractivity contribution in [3.63, 3.8) is 0 Å². The van der Waals surface area contributed by atoms with Crippen molar-refractivity contribution in [1.82, 2.24) is 14.9 Å². The quantitative estimate of drug-likeness (QED) is 0.252. The minimum atomic E-state index is -0.817. The molecule has 2 heterocycles. The first-order valence-corrected chi connectivity index (χ1v) is 14.0. The third-order valence-corrected chi connectivity index (χ3v) is 7.89. The van der Waals surface area contributed by atoms with Crippen LogP contribution in [-0.2, 0) is 17.9 Å². The van der Waals surface area contributed by atoms with Gasteiger partial charge in [-0.2, -0.15) is 0 Å². The van der Waals surface area contributed by atoms with Crippen LogP contribution >= 0.6 is 0 Å². The molecule has 7 heteroatoms. The first-order chi connectivity index (χ1) is 19.4. The highest BCUT2D eigenvalue weighted by Crippen LogP contribution is 2.30. The zero-order valence-corrected chi connectivity index (χ0v) is 22.7. The van der Waals surface area contributed by atoms with Crippen molar-refractivity contribution in [2.24, 2.45) is 5.92 Å². The van der Waals surface area contributed by atoms with E-state index in [0.717, 1.165) is 24.1 Å². The summed E-state index contributed by atoms with van der Waals surface area (Å²) in [5.74, 6) is -0.798. The number of aryl methyl sites for hydroxylation is 1. The summed E-state index contributed by atoms with van der Waals surface area (Å²) in [6, 6.07) is 23.1. The highest BCUT2D eigenvalue weighted by molar-refractivity contribution is 5.97. The molecule has 1 amide bonds. The number of nitrogens with zero attached hydrogens (tertiary/aromatic N) is 3. The van der Waals surface area contributed by atoms with Gasteiger partial charge in [-0.15, -0.1) is 0 Å². The van der Waals surface area contributed by atoms with Crippen LogP contribution in [0, 0.1) is 5.92 Å². The number of aliphatic carboxylic acids is 1. The van der Waals surface area contributed by atoms with Crippen molar-refractivity contribution in [1.29, 1.82) is 0 Å². The van der Waals surface area contributed by atoms with Gasteiger partial charge in [-0.3, -0.25) is 9.59 Å². The molecule has 0 bridgehead atoms. The number of carbonyl (C=O) groups is 2. The Morgan fingerprint density at radius 3 is 2.38 bits per heavy atom. The molecular formula is C33H34FN3O3. The van der Waals surface area contributed by atoms with E-state index >= 15 is 0 Å². The molecule has 40 heavy (non-hydrogen) atoms. The minimum absolute atomic E-state index is 0.00191. The molecule has 1 N–H and O–H groups in total. The summed E-state index contributed by atoms with van der Waals surface area (Å²) >= 11 is 0. The van der Waals surface area contributed by atoms with E-state index in [2.05, 4.69) is 24.3 Å². The van der Waals surface area contributed by atoms with Crippen LogP contribution in [-0.4, -0.2) is 44.9 Å². The fraction of sp³-hybridized carbons (Fsp3) is 0.333. The topological polar surface area (TPSA) is 83.4 Å². The number of carbonyl (C=O) groups excluding carboxylic acids is 1. The Hall–Kier alpha value is -4.13. The van der Waals surface area contributed by atoms with E-state index in [0.29, 0.717) is 66.1 Å². The number of piperidine rings is 1. The van der Waals surface area contributed by atoms with Crippen LogP contribution in [0.3, 0.4) is 0 Å². The van der Waals surface area contributed by atoms with Crippen molar-refractivity contribution < 1.29 is 19.1 Å². The zero-order valence-electron chi connectivity index (χ0n) is 22.7. The van der Waals surface area contributed by atoms with Crippen molar-refractivity contribution in [3.05, 3.63) is 95.2 Å². The highest BCUT2D eigenvalue weighted by atomic mass is 19.1. The van der Waals surface area contributed by atoms with Crippen LogP contribution < -0.4 is 0 Å². The van der Waals surface area contributed by atoms with Gasteiger partial charge in [-0.1, -0.05) is 61.5 Å². The van der Waals surface area contributed by atoms with Gasteiger partial charge in [-0.05, 0) is 67.3 Å². The summed E-state index contributed by atoms with van der Waals surface area (Å²) in [6.45, 7) is 2.59. The molecule has 1 fully saturated rings. The predicted molar refractivity (Wildman–Crippen MR) is 154 cm³/mol. The Morgan fingerprint density at radius 1 is 0.975 bits per heavy atom. The third-order valence-electron chi connectivity index (χ3n) is 7.89. The SMILES string of the molecule is CC(CCCc1nc2cc(C(=O)N3CCC(c4ccccc4)CC3)ccc2nc1-c1ccc(CF)cc1)C(=O)O. The second-order valence-corrected chi connectivity index (χ2v) is 10.7. The molecule has 1 aromatic heterocycles. The van der Waals surface area contributed by atoms with Crippen molar-refractivity contribution >= 4 is 22.9 Å². The molecule has 3 aromatic carbocycles. The van der Waals surface area contributed by atoms with E-state index in [-0.39, 0.29) is 5.91 Å². The van der Waals surface area contributed by atoms with Crippen molar-refractivity contribution in [2.45, 2.75) is 51.6 Å². The molecular weight excluding hydrogens is 505 g/mol. The summed E-state index contributed by atoms with van der Waals surface area (Å²) in [7, 11) is 0. The number of carboxylic acid groups (broad SMARTS) is 1. The smallest absolute Gasteiger partial charge is 0.306 e. The van der Waals surface area contributed by atoms with E-state index in [1.54, 1.807) is 19.1 Å². The van der Waals surface area contributed by atoms with Gasteiger partial charge in [0.15, 0.2) is 0 Å². The summed E-state index contributed by atoms with van der Waals surface area (Å²) in [5.41, 5.74) is 6.08. The number of hydrogen-bond donors (Lipinski definition) is 1. The molecule has 6 nitrogen and oxygen atoms in total. The molecule has 1 aliphatic heterocycles. The largest absolute Gasteiger partial charge is 0.481 e. The van der Waals surface area contributed by atoms with Gasteiger partial charge in [0, 0.05) is 24.2 Å². The molecule has 0 radical (unpaired) electrons. The van der Waals surface area contributed by atoms with Crippen LogP contribution in [0.4, 0.5) is 4.39 Å². The Labute approximate surface area is 233 Å². The number of benzene rings is 3. The number of amides is 1. The lowest BCUT2D eigenvalue weighted by molar-refractivity contribution is -0.141. The van der Waals surface area contributed by atoms with Gasteiger partial charge in [-0.25, -0.2) is 14.4 Å². The number of halogens is 1. The molecule has 1 aliphatic rings. The Morgan fingerprint density at radius 2 is 1.70 bits per heavy atom. The lowest BCUT2D eigenvalue weighted by atomic mass is 9.89. The normalized spacial score (nSPS) is 14.8. The van der Waals surface area contributed by atoms with Gasteiger partial charge in [0.1, 0.15) is 6.67 Å². The zero-order chi connectivity index (χ0) is 28.1. The van der Waals surface area contributed by atoms with Gasteiger partial charge < -0.3 is 10.0 Å². The van der Waals surface area contributed by atoms with Gasteiger partial charge in [0.05, 0.1) is 28.3 Å². The van der Waals surface area contributed by atoms with Crippen LogP contribution in [0.25, 0.3) is 22.3 Å². The number of aromatic nitrogens is 2. The number of likely N-dealkylation sites (tertiary alicyclic amines) is 1. The maximum Gasteiger partial charge on any atom is 0.306 e. The second kappa shape index (κ2) is 12.4. The first-order valence-electron chi connectivity index (χ1n) is 14.0. The molecule has 0 aliphatic carbocycles. The van der Waals surface area contributed by atoms with E-state index in [4.69, 9.17) is 9.97 Å². The standard InChI is InChI=1S/C33H34FN3O3/c1-22(33(39)40)6-5-9-29-31(26-12-10-23(21-34)11-13-26)36-28-15-14-27(20-30(28)35-29)32(38)37-18-16-25(17-19-37)24-7-3-2-4-8-24/h2-4,7-8,10-15,20,22,25H,5-6,9,16-19,21H2,1H3,(H,39,40). The Kier molecular flexibility index (Phi) is 8.48. The van der Waals surface area contributed by atoms with Gasteiger partial charge in [0.25, 0.3) is 5.91 Å². The molecule has 1 saturated heterocycles. The van der Waals surface area contributed by atoms with Crippen LogP contribution in [0.1, 0.15) is 65.7 Å². The van der Waals surface area contributed by atoms with Gasteiger partial charge in [0.2, 0.25) is 0 Å². The minimum Gasteiger partial charge on any atom is -0.481 e. The fourth-order valence-electron chi connectivity index (χ4n) is 5.40. The maximum atomic E-state index is 13.4. The van der Waals surface area contributed by atoms with Crippen molar-refractivity contribution in [3.8, 4) is 11.3 Å². The maximum absolute atomic E-state index is 13.4. The summed E-state index contributed by atoms with van der Waals surface area (Å²) in [4.78, 5) is 36.4. The van der Waals surface area contributed by atoms with E-state index in [1.165, 1.54) is 5.56 Å². The van der Waals surface area contributed by atoms with Crippen LogP contribution in [0.2, 0.25) is 0 Å². The Bertz CT molecular complexity index is 1480. The highest BCUT2D eigenvalue weighted by Gasteiger charge is 2.25. The number of hydrogen-bond acceptors (Lipinski definition) is 4. The van der Waals surface area contributed by atoms with Crippen molar-refractivity contribution in [2.75, 3.05) is 13.1 Å². The van der Waals surface area contributed by atoms with E-state index in [9.17, 15) is 19.1 Å². The van der Waals surface area contributed by atoms with Gasteiger partial charge >= 0.3 is 5.97 Å². The average Bonchev–Trinajstić information content (AvgIpc) is 3.00. The molecule has 1 unspecified atom stereocenters. The summed E-state index contributed by atoms with van der Waals surface area (Å²) in [6.07, 6.45) is 3.58. The fourth-order valence-corrected chi connectivity index (χ4v) is 5.40. The first kappa shape index (κ1) is 27.4. The molecule has 1 atom stereocenters. The predicted octanol–water partition coefficient (Wildman–Crippen LogP) is 6.83.